The van der Waals surface area contributed by atoms with E-state index in [1.165, 1.54) is 6.92 Å². The minimum absolute atomic E-state index is 0. The maximum atomic E-state index is 11.3. The van der Waals surface area contributed by atoms with Gasteiger partial charge in [0.2, 0.25) is 0 Å². The Bertz CT molecular complexity index is 209. The van der Waals surface area contributed by atoms with Crippen molar-refractivity contribution in [2.45, 2.75) is 59.7 Å². The maximum absolute atomic E-state index is 11.3. The second-order valence-corrected chi connectivity index (χ2v) is 3.68. The Kier molecular flexibility index (Phi) is 10.2. The van der Waals surface area contributed by atoms with E-state index in [-0.39, 0.29) is 44.2 Å². The molecule has 0 N–H and O–H groups in total. The average Bonchev–Trinajstić information content (AvgIpc) is 2.12. The van der Waals surface area contributed by atoms with E-state index in [2.05, 4.69) is 0 Å². The van der Waals surface area contributed by atoms with E-state index in [1.807, 2.05) is 6.92 Å². The highest BCUT2D eigenvalue weighted by Crippen LogP contribution is 2.06. The first-order valence-electron chi connectivity index (χ1n) is 5.21. The van der Waals surface area contributed by atoms with Crippen molar-refractivity contribution in [2.24, 2.45) is 0 Å². The molecule has 16 heavy (non-hydrogen) atoms. The molecular weight excluding hydrogens is 208 g/mol. The van der Waals surface area contributed by atoms with Crippen LogP contribution in [0.4, 0.5) is 0 Å². The number of Topliss-reactive ketones (excluding diaryl/α,β-unsaturated/α-hetero) is 1. The molecule has 0 bridgehead atoms. The molecule has 0 radical (unpaired) electrons. The number of hydrogen-bond donors (Lipinski definition) is 0. The molecule has 2 unspecified atom stereocenters. The molecule has 4 nitrogen and oxygen atoms in total. The summed E-state index contributed by atoms with van der Waals surface area (Å²) in [5, 5.41) is 0. The fourth-order valence-corrected chi connectivity index (χ4v) is 1.30. The van der Waals surface area contributed by atoms with Crippen LogP contribution in [0.2, 0.25) is 0 Å². The molecular formula is C12H24O4. The van der Waals surface area contributed by atoms with Gasteiger partial charge in [0.1, 0.15) is 11.9 Å². The van der Waals surface area contributed by atoms with Crippen LogP contribution in [0.15, 0.2) is 0 Å². The molecule has 0 aliphatic heterocycles. The predicted octanol–water partition coefficient (Wildman–Crippen LogP) is 2.35. The first kappa shape index (κ1) is 17.5. The molecule has 4 heteroatoms. The molecule has 0 aliphatic rings. The van der Waals surface area contributed by atoms with Crippen molar-refractivity contribution < 1.29 is 19.1 Å². The van der Waals surface area contributed by atoms with Crippen molar-refractivity contribution >= 4 is 11.8 Å². The Hall–Kier alpha value is -0.900. The number of ketones is 1. The van der Waals surface area contributed by atoms with E-state index < -0.39 is 0 Å². The van der Waals surface area contributed by atoms with Crippen molar-refractivity contribution in [3.05, 3.63) is 0 Å². The number of ether oxygens (including phenoxy) is 2. The summed E-state index contributed by atoms with van der Waals surface area (Å²) in [7, 11) is 1.57. The van der Waals surface area contributed by atoms with E-state index >= 15 is 0 Å². The van der Waals surface area contributed by atoms with E-state index in [0.29, 0.717) is 0 Å². The van der Waals surface area contributed by atoms with E-state index in [1.54, 1.807) is 14.0 Å². The van der Waals surface area contributed by atoms with Gasteiger partial charge in [-0.3, -0.25) is 9.59 Å². The van der Waals surface area contributed by atoms with Gasteiger partial charge in [-0.2, -0.15) is 0 Å². The van der Waals surface area contributed by atoms with Crippen LogP contribution in [-0.4, -0.2) is 31.1 Å². The van der Waals surface area contributed by atoms with Gasteiger partial charge in [-0.05, 0) is 20.3 Å². The highest BCUT2D eigenvalue weighted by molar-refractivity contribution is 5.76. The van der Waals surface area contributed by atoms with Crippen LogP contribution in [0, 0.1) is 0 Å². The van der Waals surface area contributed by atoms with Crippen LogP contribution >= 0.6 is 0 Å². The smallest absolute Gasteiger partial charge is 0.308 e. The average molecular weight is 232 g/mol. The van der Waals surface area contributed by atoms with Gasteiger partial charge >= 0.3 is 5.97 Å². The largest absolute Gasteiger partial charge is 0.462 e. The van der Waals surface area contributed by atoms with Gasteiger partial charge in [-0.25, -0.2) is 0 Å². The number of esters is 1. The number of hydrogen-bond acceptors (Lipinski definition) is 4. The summed E-state index contributed by atoms with van der Waals surface area (Å²) >= 11 is 0. The number of methoxy groups -OCH3 is 1. The van der Waals surface area contributed by atoms with Crippen molar-refractivity contribution in [1.82, 2.24) is 0 Å². The molecule has 0 rings (SSSR count). The van der Waals surface area contributed by atoms with Gasteiger partial charge in [0.25, 0.3) is 0 Å². The highest BCUT2D eigenvalue weighted by atomic mass is 16.5. The Balaban J connectivity index is 0. The Morgan fingerprint density at radius 2 is 1.81 bits per heavy atom. The first-order valence-corrected chi connectivity index (χ1v) is 5.21. The second kappa shape index (κ2) is 9.33. The predicted molar refractivity (Wildman–Crippen MR) is 63.3 cm³/mol. The number of carbonyl (C=O) groups is 2. The molecule has 96 valence electrons. The summed E-state index contributed by atoms with van der Waals surface area (Å²) in [6, 6.07) is 0. The van der Waals surface area contributed by atoms with E-state index in [0.717, 1.165) is 6.42 Å². The minimum Gasteiger partial charge on any atom is -0.462 e. The normalized spacial score (nSPS) is 13.5. The Labute approximate surface area is 98.3 Å². The SMILES string of the molecule is C.CCC(CC(=O)OC(C)CC(C)=O)OC. The molecule has 0 saturated heterocycles. The van der Waals surface area contributed by atoms with E-state index in [4.69, 9.17) is 9.47 Å². The summed E-state index contributed by atoms with van der Waals surface area (Å²) in [5.74, 6) is -0.286. The van der Waals surface area contributed by atoms with Gasteiger partial charge in [0.15, 0.2) is 0 Å². The van der Waals surface area contributed by atoms with Crippen LogP contribution in [0.25, 0.3) is 0 Å². The molecule has 0 aromatic heterocycles. The van der Waals surface area contributed by atoms with Crippen LogP contribution < -0.4 is 0 Å². The maximum Gasteiger partial charge on any atom is 0.308 e. The Morgan fingerprint density at radius 1 is 1.25 bits per heavy atom. The van der Waals surface area contributed by atoms with E-state index in [9.17, 15) is 9.59 Å². The molecule has 2 atom stereocenters. The third kappa shape index (κ3) is 8.41. The van der Waals surface area contributed by atoms with Crippen LogP contribution in [0.3, 0.4) is 0 Å². The van der Waals surface area contributed by atoms with Crippen LogP contribution in [0.5, 0.6) is 0 Å². The molecule has 0 aliphatic carbocycles. The summed E-state index contributed by atoms with van der Waals surface area (Å²) in [6.07, 6.45) is 0.851. The standard InChI is InChI=1S/C11H20O4.CH4/c1-5-10(14-4)7-11(13)15-9(3)6-8(2)12;/h9-10H,5-7H2,1-4H3;1H4. The van der Waals surface area contributed by atoms with Gasteiger partial charge in [0, 0.05) is 13.5 Å². The molecule has 0 aromatic carbocycles. The number of rotatable bonds is 7. The lowest BCUT2D eigenvalue weighted by atomic mass is 10.2. The lowest BCUT2D eigenvalue weighted by molar-refractivity contribution is -0.151. The molecule has 0 saturated carbocycles. The van der Waals surface area contributed by atoms with Crippen molar-refractivity contribution in [3.63, 3.8) is 0 Å². The first-order chi connectivity index (χ1) is 6.99. The van der Waals surface area contributed by atoms with Crippen LogP contribution in [0.1, 0.15) is 47.5 Å². The van der Waals surface area contributed by atoms with Crippen molar-refractivity contribution in [2.75, 3.05) is 7.11 Å². The Morgan fingerprint density at radius 3 is 2.19 bits per heavy atom. The lowest BCUT2D eigenvalue weighted by Gasteiger charge is -2.15. The zero-order valence-electron chi connectivity index (χ0n) is 9.91. The zero-order chi connectivity index (χ0) is 11.8. The van der Waals surface area contributed by atoms with Crippen LogP contribution in [-0.2, 0) is 19.1 Å². The summed E-state index contributed by atoms with van der Waals surface area (Å²) < 4.78 is 10.1. The zero-order valence-corrected chi connectivity index (χ0v) is 9.91. The van der Waals surface area contributed by atoms with Gasteiger partial charge in [-0.1, -0.05) is 14.4 Å². The third-order valence-corrected chi connectivity index (χ3v) is 2.09. The van der Waals surface area contributed by atoms with Gasteiger partial charge in [0.05, 0.1) is 12.5 Å². The molecule has 0 heterocycles. The molecule has 0 aromatic rings. The molecule has 0 spiro atoms. The minimum atomic E-state index is -0.343. The van der Waals surface area contributed by atoms with Gasteiger partial charge < -0.3 is 9.47 Å². The molecule has 0 fully saturated rings. The summed E-state index contributed by atoms with van der Waals surface area (Å²) in [5.41, 5.74) is 0. The monoisotopic (exact) mass is 232 g/mol. The van der Waals surface area contributed by atoms with Crippen molar-refractivity contribution in [1.29, 1.82) is 0 Å². The van der Waals surface area contributed by atoms with Crippen molar-refractivity contribution in [3.8, 4) is 0 Å². The highest BCUT2D eigenvalue weighted by Gasteiger charge is 2.15. The lowest BCUT2D eigenvalue weighted by Crippen LogP contribution is -2.22. The van der Waals surface area contributed by atoms with Gasteiger partial charge in [-0.15, -0.1) is 0 Å². The second-order valence-electron chi connectivity index (χ2n) is 3.68. The topological polar surface area (TPSA) is 52.6 Å². The quantitative estimate of drug-likeness (QED) is 0.632. The summed E-state index contributed by atoms with van der Waals surface area (Å²) in [4.78, 5) is 22.1. The fourth-order valence-electron chi connectivity index (χ4n) is 1.30. The third-order valence-electron chi connectivity index (χ3n) is 2.09. The fraction of sp³-hybridized carbons (Fsp3) is 0.833. The summed E-state index contributed by atoms with van der Waals surface area (Å²) in [6.45, 7) is 5.14. The molecule has 0 amide bonds. The number of carbonyl (C=O) groups excluding carboxylic acids is 2.